The number of hydrogen-bond donors (Lipinski definition) is 0. The normalized spacial score (nSPS) is 16.8. The van der Waals surface area contributed by atoms with Crippen LogP contribution in [0.15, 0.2) is 23.4 Å². The van der Waals surface area contributed by atoms with Crippen LogP contribution < -0.4 is 0 Å². The predicted octanol–water partition coefficient (Wildman–Crippen LogP) is 3.53. The van der Waals surface area contributed by atoms with E-state index in [9.17, 15) is 8.78 Å². The molecule has 0 unspecified atom stereocenters. The van der Waals surface area contributed by atoms with Gasteiger partial charge in [0.15, 0.2) is 0 Å². The minimum absolute atomic E-state index is 0.0931. The Morgan fingerprint density at radius 2 is 1.88 bits per heavy atom. The van der Waals surface area contributed by atoms with Crippen molar-refractivity contribution in [2.24, 2.45) is 11.1 Å². The topological polar surface area (TPSA) is 21.6 Å². The molecule has 2 rings (SSSR count). The van der Waals surface area contributed by atoms with Gasteiger partial charge in [-0.15, -0.1) is 0 Å². The van der Waals surface area contributed by atoms with Gasteiger partial charge in [0.1, 0.15) is 24.5 Å². The van der Waals surface area contributed by atoms with Crippen molar-refractivity contribution in [3.8, 4) is 0 Å². The Kier molecular flexibility index (Phi) is 4.07. The van der Waals surface area contributed by atoms with Crippen molar-refractivity contribution in [1.29, 1.82) is 0 Å². The third-order valence-corrected chi connectivity index (χ3v) is 2.93. The molecule has 91 valence electrons. The number of halogens is 2. The highest BCUT2D eigenvalue weighted by molar-refractivity contribution is 5.60. The maximum atomic E-state index is 13.2. The second kappa shape index (κ2) is 5.75. The number of nitrogens with zero attached hydrogens (tertiary/aromatic N) is 1. The van der Waals surface area contributed by atoms with Crippen LogP contribution in [0.25, 0.3) is 0 Å². The summed E-state index contributed by atoms with van der Waals surface area (Å²) in [4.78, 5) is 4.88. The molecule has 0 saturated heterocycles. The molecule has 0 heterocycles. The summed E-state index contributed by atoms with van der Waals surface area (Å²) in [7, 11) is 0. The van der Waals surface area contributed by atoms with Crippen LogP contribution in [-0.2, 0) is 11.4 Å². The molecule has 0 amide bonds. The van der Waals surface area contributed by atoms with Gasteiger partial charge in [-0.1, -0.05) is 24.1 Å². The van der Waals surface area contributed by atoms with Gasteiger partial charge in [-0.3, -0.25) is 0 Å². The Hall–Kier alpha value is -1.45. The van der Waals surface area contributed by atoms with Crippen LogP contribution in [0.2, 0.25) is 0 Å². The standard InChI is InChI=1S/C13H14F2NO/c14-12-6-3-7-13(15)11(12)9-17-16-8-10-4-1-2-5-10/h3,6-7,10H,1-2,4-5,9H2. The average Bonchev–Trinajstić information content (AvgIpc) is 2.80. The van der Waals surface area contributed by atoms with Gasteiger partial charge in [-0.05, 0) is 25.0 Å². The van der Waals surface area contributed by atoms with E-state index in [-0.39, 0.29) is 12.2 Å². The Labute approximate surface area is 99.3 Å². The van der Waals surface area contributed by atoms with Crippen molar-refractivity contribution in [2.75, 3.05) is 0 Å². The molecule has 1 saturated carbocycles. The maximum absolute atomic E-state index is 13.2. The highest BCUT2D eigenvalue weighted by Crippen LogP contribution is 2.22. The van der Waals surface area contributed by atoms with Gasteiger partial charge in [-0.2, -0.15) is 0 Å². The molecule has 17 heavy (non-hydrogen) atoms. The van der Waals surface area contributed by atoms with E-state index in [1.165, 1.54) is 31.0 Å². The van der Waals surface area contributed by atoms with Crippen molar-refractivity contribution in [3.05, 3.63) is 35.4 Å². The molecular formula is C13H14F2NO. The van der Waals surface area contributed by atoms with Gasteiger partial charge in [0.2, 0.25) is 0 Å². The molecule has 4 heteroatoms. The highest BCUT2D eigenvalue weighted by Gasteiger charge is 2.13. The van der Waals surface area contributed by atoms with Crippen LogP contribution in [0.5, 0.6) is 0 Å². The van der Waals surface area contributed by atoms with Crippen molar-refractivity contribution in [1.82, 2.24) is 0 Å². The summed E-state index contributed by atoms with van der Waals surface area (Å²) in [5.74, 6) is -0.886. The molecular weight excluding hydrogens is 224 g/mol. The van der Waals surface area contributed by atoms with Gasteiger partial charge >= 0.3 is 0 Å². The summed E-state index contributed by atoms with van der Waals surface area (Å²) < 4.78 is 26.4. The number of rotatable bonds is 4. The van der Waals surface area contributed by atoms with Crippen molar-refractivity contribution in [2.45, 2.75) is 32.3 Å². The fraction of sp³-hybridized carbons (Fsp3) is 0.462. The van der Waals surface area contributed by atoms with Crippen LogP contribution in [0.4, 0.5) is 8.78 Å². The number of benzene rings is 1. The van der Waals surface area contributed by atoms with E-state index in [2.05, 4.69) is 11.4 Å². The Morgan fingerprint density at radius 1 is 1.24 bits per heavy atom. The lowest BCUT2D eigenvalue weighted by Gasteiger charge is -2.03. The van der Waals surface area contributed by atoms with E-state index in [1.54, 1.807) is 0 Å². The lowest BCUT2D eigenvalue weighted by molar-refractivity contribution is 0.125. The van der Waals surface area contributed by atoms with Crippen LogP contribution in [0.3, 0.4) is 0 Å². The summed E-state index contributed by atoms with van der Waals surface area (Å²) in [6, 6.07) is 3.72. The Morgan fingerprint density at radius 3 is 2.53 bits per heavy atom. The van der Waals surface area contributed by atoms with E-state index in [0.717, 1.165) is 12.8 Å². The first-order chi connectivity index (χ1) is 8.27. The molecule has 1 aromatic carbocycles. The van der Waals surface area contributed by atoms with Crippen LogP contribution >= 0.6 is 0 Å². The fourth-order valence-electron chi connectivity index (χ4n) is 1.93. The monoisotopic (exact) mass is 238 g/mol. The maximum Gasteiger partial charge on any atom is 0.148 e. The van der Waals surface area contributed by atoms with Gasteiger partial charge < -0.3 is 4.84 Å². The van der Waals surface area contributed by atoms with Crippen LogP contribution in [-0.4, -0.2) is 6.21 Å². The minimum Gasteiger partial charge on any atom is -0.390 e. The van der Waals surface area contributed by atoms with Crippen molar-refractivity contribution >= 4 is 6.21 Å². The third kappa shape index (κ3) is 3.25. The van der Waals surface area contributed by atoms with E-state index >= 15 is 0 Å². The molecule has 0 spiro atoms. The molecule has 1 fully saturated rings. The lowest BCUT2D eigenvalue weighted by atomic mass is 10.1. The van der Waals surface area contributed by atoms with Gasteiger partial charge in [-0.25, -0.2) is 8.78 Å². The molecule has 1 radical (unpaired) electrons. The van der Waals surface area contributed by atoms with Gasteiger partial charge in [0.05, 0.1) is 5.56 Å². The highest BCUT2D eigenvalue weighted by atomic mass is 19.1. The zero-order chi connectivity index (χ0) is 12.1. The lowest BCUT2D eigenvalue weighted by Crippen LogP contribution is -1.98. The van der Waals surface area contributed by atoms with Gasteiger partial charge in [0, 0.05) is 5.92 Å². The van der Waals surface area contributed by atoms with Crippen molar-refractivity contribution in [3.63, 3.8) is 0 Å². The van der Waals surface area contributed by atoms with Gasteiger partial charge in [0.25, 0.3) is 0 Å². The molecule has 0 atom stereocenters. The largest absolute Gasteiger partial charge is 0.390 e. The first-order valence-electron chi connectivity index (χ1n) is 5.78. The smallest absolute Gasteiger partial charge is 0.148 e. The molecule has 2 nitrogen and oxygen atoms in total. The molecule has 1 aromatic rings. The van der Waals surface area contributed by atoms with E-state index < -0.39 is 11.6 Å². The Bertz CT molecular complexity index is 380. The molecule has 0 aliphatic heterocycles. The zero-order valence-electron chi connectivity index (χ0n) is 9.46. The van der Waals surface area contributed by atoms with E-state index in [4.69, 9.17) is 4.84 Å². The first kappa shape index (κ1) is 12.0. The molecule has 1 aliphatic rings. The van der Waals surface area contributed by atoms with Crippen LogP contribution in [0.1, 0.15) is 31.2 Å². The number of hydrogen-bond acceptors (Lipinski definition) is 2. The summed E-state index contributed by atoms with van der Waals surface area (Å²) >= 11 is 0. The molecule has 1 aliphatic carbocycles. The third-order valence-electron chi connectivity index (χ3n) is 2.93. The minimum atomic E-state index is -0.610. The summed E-state index contributed by atoms with van der Waals surface area (Å²) in [5, 5.41) is 3.65. The predicted molar refractivity (Wildman–Crippen MR) is 60.5 cm³/mol. The second-order valence-corrected chi connectivity index (χ2v) is 4.18. The Balaban J connectivity index is 1.85. The van der Waals surface area contributed by atoms with E-state index in [0.29, 0.717) is 5.92 Å². The molecule has 0 bridgehead atoms. The zero-order valence-corrected chi connectivity index (χ0v) is 9.46. The fourth-order valence-corrected chi connectivity index (χ4v) is 1.93. The summed E-state index contributed by atoms with van der Waals surface area (Å²) in [6.45, 7) is -0.196. The summed E-state index contributed by atoms with van der Waals surface area (Å²) in [5.41, 5.74) is -0.0931. The quantitative estimate of drug-likeness (QED) is 0.580. The molecule has 0 aromatic heterocycles. The second-order valence-electron chi connectivity index (χ2n) is 4.18. The average molecular weight is 238 g/mol. The SMILES string of the molecule is Fc1cccc(F)c1CO/N=[C]\C1CCCC1. The first-order valence-corrected chi connectivity index (χ1v) is 5.78. The molecule has 0 N–H and O–H groups in total. The van der Waals surface area contributed by atoms with Crippen molar-refractivity contribution < 1.29 is 13.6 Å². The summed E-state index contributed by atoms with van der Waals surface area (Å²) in [6.07, 6.45) is 7.37. The van der Waals surface area contributed by atoms with E-state index in [1.807, 2.05) is 0 Å². The van der Waals surface area contributed by atoms with Crippen LogP contribution in [0, 0.1) is 17.6 Å².